The third kappa shape index (κ3) is 5.10. The van der Waals surface area contributed by atoms with Gasteiger partial charge in [-0.2, -0.15) is 0 Å². The van der Waals surface area contributed by atoms with Crippen molar-refractivity contribution in [3.8, 4) is 5.75 Å². The van der Waals surface area contributed by atoms with Gasteiger partial charge >= 0.3 is 0 Å². The number of benzene rings is 2. The Kier molecular flexibility index (Phi) is 6.51. The number of carbonyl (C=O) groups excluding carboxylic acids is 1. The monoisotopic (exact) mass is 366 g/mol. The number of amides is 1. The van der Waals surface area contributed by atoms with E-state index in [1.54, 1.807) is 7.11 Å². The van der Waals surface area contributed by atoms with Crippen LogP contribution < -0.4 is 10.1 Å². The van der Waals surface area contributed by atoms with E-state index < -0.39 is 0 Å². The molecule has 1 amide bonds. The van der Waals surface area contributed by atoms with Crippen LogP contribution in [0.4, 0.5) is 0 Å². The molecule has 4 nitrogen and oxygen atoms in total. The molecular weight excluding hydrogens is 336 g/mol. The van der Waals surface area contributed by atoms with Crippen LogP contribution in [0.25, 0.3) is 0 Å². The Morgan fingerprint density at radius 2 is 1.96 bits per heavy atom. The maximum absolute atomic E-state index is 12.6. The average Bonchev–Trinajstić information content (AvgIpc) is 2.68. The smallest absolute Gasteiger partial charge is 0.251 e. The van der Waals surface area contributed by atoms with Crippen molar-refractivity contribution in [2.45, 2.75) is 39.3 Å². The fraction of sp³-hybridized carbons (Fsp3) is 0.435. The van der Waals surface area contributed by atoms with Crippen LogP contribution >= 0.6 is 0 Å². The summed E-state index contributed by atoms with van der Waals surface area (Å²) >= 11 is 0. The number of para-hydroxylation sites is 1. The first-order valence-electron chi connectivity index (χ1n) is 9.82. The maximum Gasteiger partial charge on any atom is 0.251 e. The first-order chi connectivity index (χ1) is 13.1. The molecule has 0 spiro atoms. The standard InChI is InChI=1S/C23H30N2O2/c1-17-7-6-14-25(15-17)16-19-10-12-20(13-11-19)23(26)24-18(2)21-8-4-5-9-22(21)27-3/h4-5,8-13,17-18H,6-7,14-16H2,1-3H3,(H,24,26)/t17-,18-/m0/s1. The summed E-state index contributed by atoms with van der Waals surface area (Å²) in [4.78, 5) is 15.1. The van der Waals surface area contributed by atoms with Crippen molar-refractivity contribution in [2.75, 3.05) is 20.2 Å². The number of hydrogen-bond donors (Lipinski definition) is 1. The van der Waals surface area contributed by atoms with Crippen molar-refractivity contribution in [1.82, 2.24) is 10.2 Å². The van der Waals surface area contributed by atoms with Crippen molar-refractivity contribution in [3.63, 3.8) is 0 Å². The zero-order valence-electron chi connectivity index (χ0n) is 16.6. The molecule has 0 bridgehead atoms. The van der Waals surface area contributed by atoms with Gasteiger partial charge in [0.1, 0.15) is 5.75 Å². The molecule has 0 saturated carbocycles. The molecule has 4 heteroatoms. The Morgan fingerprint density at radius 3 is 2.67 bits per heavy atom. The number of rotatable bonds is 6. The summed E-state index contributed by atoms with van der Waals surface area (Å²) in [6.45, 7) is 7.59. The first-order valence-corrected chi connectivity index (χ1v) is 9.82. The molecule has 1 aliphatic rings. The zero-order chi connectivity index (χ0) is 19.2. The van der Waals surface area contributed by atoms with Gasteiger partial charge < -0.3 is 10.1 Å². The Morgan fingerprint density at radius 1 is 1.22 bits per heavy atom. The van der Waals surface area contributed by atoms with Gasteiger partial charge in [-0.1, -0.05) is 37.3 Å². The van der Waals surface area contributed by atoms with Gasteiger partial charge in [-0.3, -0.25) is 9.69 Å². The molecule has 0 aliphatic carbocycles. The molecule has 3 rings (SSSR count). The van der Waals surface area contributed by atoms with Crippen LogP contribution in [0.2, 0.25) is 0 Å². The van der Waals surface area contributed by atoms with Gasteiger partial charge in [0.2, 0.25) is 0 Å². The van der Waals surface area contributed by atoms with Crippen LogP contribution in [-0.2, 0) is 6.54 Å². The third-order valence-electron chi connectivity index (χ3n) is 5.32. The molecule has 0 radical (unpaired) electrons. The Labute approximate surface area is 162 Å². The van der Waals surface area contributed by atoms with E-state index in [1.807, 2.05) is 43.3 Å². The number of nitrogens with one attached hydrogen (secondary N) is 1. The molecular formula is C23H30N2O2. The van der Waals surface area contributed by atoms with E-state index in [0.717, 1.165) is 23.8 Å². The molecule has 144 valence electrons. The first kappa shape index (κ1) is 19.4. The predicted octanol–water partition coefficient (Wildman–Crippen LogP) is 4.42. The second-order valence-electron chi connectivity index (χ2n) is 7.62. The number of piperidine rings is 1. The molecule has 2 aromatic carbocycles. The quantitative estimate of drug-likeness (QED) is 0.823. The Bertz CT molecular complexity index is 757. The van der Waals surface area contributed by atoms with E-state index in [4.69, 9.17) is 4.74 Å². The number of methoxy groups -OCH3 is 1. The summed E-state index contributed by atoms with van der Waals surface area (Å²) in [6.07, 6.45) is 2.61. The maximum atomic E-state index is 12.6. The Balaban J connectivity index is 1.60. The highest BCUT2D eigenvalue weighted by atomic mass is 16.5. The molecule has 1 saturated heterocycles. The summed E-state index contributed by atoms with van der Waals surface area (Å²) in [7, 11) is 1.65. The van der Waals surface area contributed by atoms with Crippen molar-refractivity contribution >= 4 is 5.91 Å². The molecule has 2 aromatic rings. The minimum Gasteiger partial charge on any atom is -0.496 e. The fourth-order valence-electron chi connectivity index (χ4n) is 3.83. The fourth-order valence-corrected chi connectivity index (χ4v) is 3.83. The van der Waals surface area contributed by atoms with Gasteiger partial charge in [-0.25, -0.2) is 0 Å². The number of ether oxygens (including phenoxy) is 1. The topological polar surface area (TPSA) is 41.6 Å². The highest BCUT2D eigenvalue weighted by Crippen LogP contribution is 2.24. The second kappa shape index (κ2) is 9.05. The van der Waals surface area contributed by atoms with Gasteiger partial charge in [-0.05, 0) is 56.0 Å². The summed E-state index contributed by atoms with van der Waals surface area (Å²) in [6, 6.07) is 15.6. The third-order valence-corrected chi connectivity index (χ3v) is 5.32. The van der Waals surface area contributed by atoms with Crippen molar-refractivity contribution < 1.29 is 9.53 Å². The predicted molar refractivity (Wildman–Crippen MR) is 109 cm³/mol. The van der Waals surface area contributed by atoms with Gasteiger partial charge in [0.25, 0.3) is 5.91 Å². The lowest BCUT2D eigenvalue weighted by atomic mass is 9.99. The average molecular weight is 367 g/mol. The van der Waals surface area contributed by atoms with E-state index in [1.165, 1.54) is 31.5 Å². The lowest BCUT2D eigenvalue weighted by Crippen LogP contribution is -2.33. The summed E-state index contributed by atoms with van der Waals surface area (Å²) in [5.74, 6) is 1.50. The van der Waals surface area contributed by atoms with Crippen LogP contribution in [0.3, 0.4) is 0 Å². The summed E-state index contributed by atoms with van der Waals surface area (Å²) in [5, 5.41) is 3.06. The number of nitrogens with zero attached hydrogens (tertiary/aromatic N) is 1. The lowest BCUT2D eigenvalue weighted by molar-refractivity contribution is 0.0939. The summed E-state index contributed by atoms with van der Waals surface area (Å²) in [5.41, 5.74) is 2.93. The van der Waals surface area contributed by atoms with E-state index in [9.17, 15) is 4.79 Å². The molecule has 1 aliphatic heterocycles. The van der Waals surface area contributed by atoms with Crippen LogP contribution in [-0.4, -0.2) is 31.0 Å². The number of hydrogen-bond acceptors (Lipinski definition) is 3. The van der Waals surface area contributed by atoms with Crippen molar-refractivity contribution in [2.24, 2.45) is 5.92 Å². The molecule has 1 heterocycles. The van der Waals surface area contributed by atoms with Crippen LogP contribution in [0.5, 0.6) is 5.75 Å². The molecule has 27 heavy (non-hydrogen) atoms. The van der Waals surface area contributed by atoms with Gasteiger partial charge in [0.15, 0.2) is 0 Å². The van der Waals surface area contributed by atoms with E-state index in [-0.39, 0.29) is 11.9 Å². The van der Waals surface area contributed by atoms with Gasteiger partial charge in [0.05, 0.1) is 13.2 Å². The number of likely N-dealkylation sites (tertiary alicyclic amines) is 1. The second-order valence-corrected chi connectivity index (χ2v) is 7.62. The van der Waals surface area contributed by atoms with Crippen LogP contribution in [0, 0.1) is 5.92 Å². The normalized spacial score (nSPS) is 18.7. The van der Waals surface area contributed by atoms with Crippen molar-refractivity contribution in [1.29, 1.82) is 0 Å². The van der Waals surface area contributed by atoms with E-state index >= 15 is 0 Å². The van der Waals surface area contributed by atoms with Gasteiger partial charge in [-0.15, -0.1) is 0 Å². The van der Waals surface area contributed by atoms with Crippen LogP contribution in [0.15, 0.2) is 48.5 Å². The highest BCUT2D eigenvalue weighted by Gasteiger charge is 2.17. The zero-order valence-corrected chi connectivity index (χ0v) is 16.6. The highest BCUT2D eigenvalue weighted by molar-refractivity contribution is 5.94. The largest absolute Gasteiger partial charge is 0.496 e. The molecule has 1 fully saturated rings. The SMILES string of the molecule is COc1ccccc1[C@H](C)NC(=O)c1ccc(CN2CCC[C@H](C)C2)cc1. The van der Waals surface area contributed by atoms with E-state index in [0.29, 0.717) is 5.56 Å². The van der Waals surface area contributed by atoms with Crippen LogP contribution in [0.1, 0.15) is 54.2 Å². The van der Waals surface area contributed by atoms with Crippen molar-refractivity contribution in [3.05, 3.63) is 65.2 Å². The molecule has 2 atom stereocenters. The minimum atomic E-state index is -0.122. The van der Waals surface area contributed by atoms with Gasteiger partial charge in [0, 0.05) is 24.2 Å². The molecule has 1 N–H and O–H groups in total. The molecule has 0 aromatic heterocycles. The summed E-state index contributed by atoms with van der Waals surface area (Å²) < 4.78 is 5.39. The minimum absolute atomic E-state index is 0.0634. The van der Waals surface area contributed by atoms with E-state index in [2.05, 4.69) is 29.3 Å². The molecule has 0 unspecified atom stereocenters. The lowest BCUT2D eigenvalue weighted by Gasteiger charge is -2.30. The number of carbonyl (C=O) groups is 1. The Hall–Kier alpha value is -2.33.